The summed E-state index contributed by atoms with van der Waals surface area (Å²) in [7, 11) is 0. The molecule has 1 aliphatic rings. The fourth-order valence-corrected chi connectivity index (χ4v) is 2.97. The van der Waals surface area contributed by atoms with Crippen molar-refractivity contribution in [2.45, 2.75) is 26.2 Å². The minimum absolute atomic E-state index is 0. The number of aromatic nitrogens is 1. The zero-order chi connectivity index (χ0) is 14.7. The molecule has 2 heterocycles. The largest absolute Gasteiger partial charge is 0.370 e. The maximum Gasteiger partial charge on any atom is 0.191 e. The van der Waals surface area contributed by atoms with E-state index in [2.05, 4.69) is 52.3 Å². The van der Waals surface area contributed by atoms with Crippen LogP contribution in [-0.2, 0) is 6.42 Å². The zero-order valence-corrected chi connectivity index (χ0v) is 15.4. The summed E-state index contributed by atoms with van der Waals surface area (Å²) in [4.78, 5) is 10.1. The van der Waals surface area contributed by atoms with E-state index in [0.29, 0.717) is 5.96 Å². The van der Waals surface area contributed by atoms with E-state index >= 15 is 0 Å². The van der Waals surface area contributed by atoms with Crippen LogP contribution >= 0.6 is 24.0 Å². The number of nitrogens with one attached hydrogen (secondary N) is 1. The van der Waals surface area contributed by atoms with Gasteiger partial charge in [0.05, 0.1) is 0 Å². The summed E-state index contributed by atoms with van der Waals surface area (Å²) in [5.74, 6) is 1.53. The maximum atomic E-state index is 6.11. The van der Waals surface area contributed by atoms with E-state index in [-0.39, 0.29) is 24.0 Å². The summed E-state index contributed by atoms with van der Waals surface area (Å²) in [6, 6.07) is 8.38. The first-order valence-corrected chi connectivity index (χ1v) is 7.84. The number of para-hydroxylation sites is 1. The Morgan fingerprint density at radius 3 is 2.82 bits per heavy atom. The molecule has 1 fully saturated rings. The number of likely N-dealkylation sites (tertiary alicyclic amines) is 1. The second-order valence-electron chi connectivity index (χ2n) is 6.02. The molecular weight excluding hydrogens is 387 g/mol. The Hall–Kier alpha value is -1.24. The highest BCUT2D eigenvalue weighted by Gasteiger charge is 2.16. The topological polar surface area (TPSA) is 57.4 Å². The van der Waals surface area contributed by atoms with E-state index in [1.54, 1.807) is 0 Å². The number of hydrogen-bond donors (Lipinski definition) is 2. The van der Waals surface area contributed by atoms with Crippen molar-refractivity contribution in [1.29, 1.82) is 0 Å². The summed E-state index contributed by atoms with van der Waals surface area (Å²) in [5, 5.41) is 1.29. The first-order chi connectivity index (χ1) is 10.2. The van der Waals surface area contributed by atoms with Crippen molar-refractivity contribution in [2.24, 2.45) is 16.6 Å². The summed E-state index contributed by atoms with van der Waals surface area (Å²) in [5.41, 5.74) is 8.62. The van der Waals surface area contributed by atoms with Gasteiger partial charge in [0.2, 0.25) is 0 Å². The second kappa shape index (κ2) is 7.85. The average Bonchev–Trinajstić information content (AvgIpc) is 2.91. The minimum Gasteiger partial charge on any atom is -0.370 e. The third-order valence-corrected chi connectivity index (χ3v) is 4.44. The van der Waals surface area contributed by atoms with Gasteiger partial charge in [-0.3, -0.25) is 4.99 Å². The Morgan fingerprint density at radius 1 is 1.32 bits per heavy atom. The monoisotopic (exact) mass is 412 g/mol. The number of aliphatic imine (C=N–C) groups is 1. The predicted molar refractivity (Wildman–Crippen MR) is 104 cm³/mol. The Balaban J connectivity index is 0.00000176. The van der Waals surface area contributed by atoms with Crippen LogP contribution in [0.3, 0.4) is 0 Å². The molecule has 5 heteroatoms. The van der Waals surface area contributed by atoms with Gasteiger partial charge in [-0.15, -0.1) is 24.0 Å². The SMILES string of the molecule is CC1CCN(C(N)=NCCc2c[nH]c3ccccc23)CC1.I. The predicted octanol–water partition coefficient (Wildman–Crippen LogP) is 3.38. The maximum absolute atomic E-state index is 6.11. The van der Waals surface area contributed by atoms with Gasteiger partial charge in [0, 0.05) is 36.7 Å². The third-order valence-electron chi connectivity index (χ3n) is 4.44. The lowest BCUT2D eigenvalue weighted by molar-refractivity contribution is 0.277. The van der Waals surface area contributed by atoms with Crippen LogP contribution in [0.4, 0.5) is 0 Å². The molecule has 0 bridgehead atoms. The normalized spacial score (nSPS) is 16.8. The number of fused-ring (bicyclic) bond motifs is 1. The molecular formula is C17H25IN4. The molecule has 2 aromatic rings. The van der Waals surface area contributed by atoms with Crippen LogP contribution in [0.5, 0.6) is 0 Å². The van der Waals surface area contributed by atoms with Crippen molar-refractivity contribution in [3.63, 3.8) is 0 Å². The van der Waals surface area contributed by atoms with Gasteiger partial charge in [-0.05, 0) is 36.8 Å². The van der Waals surface area contributed by atoms with Crippen molar-refractivity contribution in [3.8, 4) is 0 Å². The van der Waals surface area contributed by atoms with Crippen LogP contribution in [0.2, 0.25) is 0 Å². The Labute approximate surface area is 149 Å². The first-order valence-electron chi connectivity index (χ1n) is 7.84. The van der Waals surface area contributed by atoms with E-state index in [4.69, 9.17) is 5.73 Å². The number of nitrogens with zero attached hydrogens (tertiary/aromatic N) is 2. The van der Waals surface area contributed by atoms with Crippen LogP contribution in [0.25, 0.3) is 10.9 Å². The average molecular weight is 412 g/mol. The summed E-state index contributed by atoms with van der Waals surface area (Å²) >= 11 is 0. The number of halogens is 1. The van der Waals surface area contributed by atoms with Gasteiger partial charge in [-0.25, -0.2) is 0 Å². The van der Waals surface area contributed by atoms with E-state index in [9.17, 15) is 0 Å². The van der Waals surface area contributed by atoms with Crippen LogP contribution < -0.4 is 5.73 Å². The lowest BCUT2D eigenvalue weighted by atomic mass is 10.00. The van der Waals surface area contributed by atoms with Gasteiger partial charge in [-0.2, -0.15) is 0 Å². The van der Waals surface area contributed by atoms with Gasteiger partial charge in [0.25, 0.3) is 0 Å². The molecule has 0 aliphatic carbocycles. The van der Waals surface area contributed by atoms with Crippen molar-refractivity contribution >= 4 is 40.8 Å². The van der Waals surface area contributed by atoms with E-state index in [1.165, 1.54) is 29.3 Å². The van der Waals surface area contributed by atoms with Crippen LogP contribution in [0.15, 0.2) is 35.5 Å². The number of aromatic amines is 1. The fraction of sp³-hybridized carbons (Fsp3) is 0.471. The molecule has 1 saturated heterocycles. The first kappa shape index (κ1) is 17.1. The van der Waals surface area contributed by atoms with Crippen molar-refractivity contribution < 1.29 is 0 Å². The molecule has 22 heavy (non-hydrogen) atoms. The van der Waals surface area contributed by atoms with Gasteiger partial charge in [0.15, 0.2) is 5.96 Å². The van der Waals surface area contributed by atoms with Gasteiger partial charge < -0.3 is 15.6 Å². The van der Waals surface area contributed by atoms with E-state index < -0.39 is 0 Å². The lowest BCUT2D eigenvalue weighted by Gasteiger charge is -2.31. The molecule has 0 atom stereocenters. The highest BCUT2D eigenvalue weighted by Crippen LogP contribution is 2.18. The molecule has 4 nitrogen and oxygen atoms in total. The quantitative estimate of drug-likeness (QED) is 0.462. The molecule has 0 saturated carbocycles. The molecule has 0 spiro atoms. The number of hydrogen-bond acceptors (Lipinski definition) is 1. The number of benzene rings is 1. The number of H-pyrrole nitrogens is 1. The molecule has 1 aliphatic heterocycles. The minimum atomic E-state index is 0. The van der Waals surface area contributed by atoms with Crippen LogP contribution in [0.1, 0.15) is 25.3 Å². The van der Waals surface area contributed by atoms with Crippen molar-refractivity contribution in [3.05, 3.63) is 36.0 Å². The van der Waals surface area contributed by atoms with E-state index in [0.717, 1.165) is 32.0 Å². The number of nitrogens with two attached hydrogens (primary N) is 1. The highest BCUT2D eigenvalue weighted by atomic mass is 127. The number of rotatable bonds is 3. The standard InChI is InChI=1S/C17H24N4.HI/c1-13-7-10-21(11-8-13)17(18)19-9-6-14-12-20-16-5-3-2-4-15(14)16;/h2-5,12-13,20H,6-11H2,1H3,(H2,18,19);1H. The zero-order valence-electron chi connectivity index (χ0n) is 13.1. The third kappa shape index (κ3) is 3.94. The Bertz CT molecular complexity index is 626. The van der Waals surface area contributed by atoms with Crippen LogP contribution in [-0.4, -0.2) is 35.5 Å². The molecule has 1 aromatic carbocycles. The second-order valence-corrected chi connectivity index (χ2v) is 6.02. The molecule has 0 unspecified atom stereocenters. The Morgan fingerprint density at radius 2 is 2.05 bits per heavy atom. The van der Waals surface area contributed by atoms with Gasteiger partial charge >= 0.3 is 0 Å². The van der Waals surface area contributed by atoms with Crippen molar-refractivity contribution in [2.75, 3.05) is 19.6 Å². The van der Waals surface area contributed by atoms with Gasteiger partial charge in [0.1, 0.15) is 0 Å². The van der Waals surface area contributed by atoms with Crippen molar-refractivity contribution in [1.82, 2.24) is 9.88 Å². The summed E-state index contributed by atoms with van der Waals surface area (Å²) in [6.45, 7) is 5.15. The molecule has 0 radical (unpaired) electrons. The highest BCUT2D eigenvalue weighted by molar-refractivity contribution is 14.0. The molecule has 120 valence electrons. The van der Waals surface area contributed by atoms with E-state index in [1.807, 2.05) is 0 Å². The number of guanidine groups is 1. The molecule has 0 amide bonds. The lowest BCUT2D eigenvalue weighted by Crippen LogP contribution is -2.42. The number of piperidine rings is 1. The van der Waals surface area contributed by atoms with Gasteiger partial charge in [-0.1, -0.05) is 25.1 Å². The molecule has 3 rings (SSSR count). The Kier molecular flexibility index (Phi) is 6.11. The molecule has 3 N–H and O–H groups in total. The fourth-order valence-electron chi connectivity index (χ4n) is 2.97. The smallest absolute Gasteiger partial charge is 0.191 e. The summed E-state index contributed by atoms with van der Waals surface area (Å²) in [6.07, 6.45) is 5.45. The summed E-state index contributed by atoms with van der Waals surface area (Å²) < 4.78 is 0. The molecule has 1 aromatic heterocycles. The van der Waals surface area contributed by atoms with Crippen LogP contribution in [0, 0.1) is 5.92 Å².